The zero-order valence-corrected chi connectivity index (χ0v) is 15.0. The van der Waals surface area contributed by atoms with Crippen molar-refractivity contribution in [2.75, 3.05) is 43.5 Å². The third-order valence-corrected chi connectivity index (χ3v) is 4.14. The minimum atomic E-state index is -1.03. The van der Waals surface area contributed by atoms with Gasteiger partial charge in [0.2, 0.25) is 0 Å². The van der Waals surface area contributed by atoms with Crippen molar-refractivity contribution in [1.29, 1.82) is 0 Å². The molecule has 1 unspecified atom stereocenters. The van der Waals surface area contributed by atoms with Crippen molar-refractivity contribution in [3.63, 3.8) is 0 Å². The van der Waals surface area contributed by atoms with Crippen LogP contribution in [0.15, 0.2) is 48.5 Å². The lowest BCUT2D eigenvalue weighted by molar-refractivity contribution is 0.239. The van der Waals surface area contributed by atoms with Gasteiger partial charge in [-0.2, -0.15) is 0 Å². The fraction of sp³-hybridized carbons (Fsp3) is 0.333. The van der Waals surface area contributed by atoms with Gasteiger partial charge in [-0.15, -0.1) is 0 Å². The van der Waals surface area contributed by atoms with Crippen molar-refractivity contribution in [3.8, 4) is 5.75 Å². The van der Waals surface area contributed by atoms with Gasteiger partial charge < -0.3 is 20.1 Å². The topological polar surface area (TPSA) is 67.6 Å². The summed E-state index contributed by atoms with van der Waals surface area (Å²) >= 11 is 0. The molecular weight excluding hydrogens is 322 g/mol. The van der Waals surface area contributed by atoms with Crippen LogP contribution < -0.4 is 15.2 Å². The van der Waals surface area contributed by atoms with Crippen molar-refractivity contribution in [1.82, 2.24) is 4.90 Å². The van der Waals surface area contributed by atoms with Crippen LogP contribution in [0.4, 0.5) is 11.4 Å². The lowest BCUT2D eigenvalue weighted by Gasteiger charge is -2.17. The van der Waals surface area contributed by atoms with Crippen molar-refractivity contribution >= 4 is 22.4 Å². The van der Waals surface area contributed by atoms with Crippen molar-refractivity contribution < 1.29 is 8.95 Å². The Morgan fingerprint density at radius 2 is 1.75 bits per heavy atom. The third kappa shape index (κ3) is 6.60. The van der Waals surface area contributed by atoms with E-state index in [4.69, 9.17) is 10.5 Å². The van der Waals surface area contributed by atoms with Crippen LogP contribution in [0.25, 0.3) is 0 Å². The molecule has 0 saturated heterocycles. The van der Waals surface area contributed by atoms with Gasteiger partial charge in [0.1, 0.15) is 23.3 Å². The van der Waals surface area contributed by atoms with Gasteiger partial charge in [-0.05, 0) is 55.4 Å². The zero-order valence-electron chi connectivity index (χ0n) is 14.2. The first-order chi connectivity index (χ1) is 11.5. The van der Waals surface area contributed by atoms with Crippen LogP contribution in [0.3, 0.4) is 0 Å². The Morgan fingerprint density at radius 1 is 1.08 bits per heavy atom. The molecule has 0 radical (unpaired) electrons. The number of nitrogens with zero attached hydrogens (tertiary/aromatic N) is 1. The van der Waals surface area contributed by atoms with E-state index in [0.717, 1.165) is 36.6 Å². The molecule has 2 aromatic carbocycles. The van der Waals surface area contributed by atoms with E-state index in [2.05, 4.69) is 28.8 Å². The standard InChI is InChI=1S/C18H25N3O2S/c1-21(13-14-23-18-9-5-16(19)6-10-18)12-11-15-3-7-17(8-4-15)20-24(2)22/h3-10,20H,11-14,19H2,1-2H3. The van der Waals surface area contributed by atoms with Gasteiger partial charge in [0, 0.05) is 30.7 Å². The minimum absolute atomic E-state index is 0.644. The van der Waals surface area contributed by atoms with E-state index in [1.54, 1.807) is 6.26 Å². The second kappa shape index (κ2) is 9.30. The Kier molecular flexibility index (Phi) is 7.08. The Balaban J connectivity index is 1.68. The SMILES string of the molecule is CN(CCOc1ccc(N)cc1)CCc1ccc(NS(C)=O)cc1. The quantitative estimate of drug-likeness (QED) is 0.684. The molecule has 0 amide bonds. The number of hydrogen-bond acceptors (Lipinski definition) is 4. The summed E-state index contributed by atoms with van der Waals surface area (Å²) in [6.07, 6.45) is 2.59. The number of likely N-dealkylation sites (N-methyl/N-ethyl adjacent to an activating group) is 1. The van der Waals surface area contributed by atoms with E-state index in [1.165, 1.54) is 5.56 Å². The predicted molar refractivity (Wildman–Crippen MR) is 102 cm³/mol. The smallest absolute Gasteiger partial charge is 0.119 e. The van der Waals surface area contributed by atoms with E-state index in [9.17, 15) is 4.21 Å². The Bertz CT molecular complexity index is 644. The summed E-state index contributed by atoms with van der Waals surface area (Å²) in [6.45, 7) is 2.46. The summed E-state index contributed by atoms with van der Waals surface area (Å²) in [5.74, 6) is 0.842. The molecule has 24 heavy (non-hydrogen) atoms. The molecule has 5 nitrogen and oxygen atoms in total. The van der Waals surface area contributed by atoms with E-state index >= 15 is 0 Å². The number of ether oxygens (including phenoxy) is 1. The first-order valence-electron chi connectivity index (χ1n) is 7.89. The first-order valence-corrected chi connectivity index (χ1v) is 9.44. The zero-order chi connectivity index (χ0) is 17.4. The summed E-state index contributed by atoms with van der Waals surface area (Å²) in [5.41, 5.74) is 8.53. The molecule has 0 aliphatic rings. The van der Waals surface area contributed by atoms with Crippen LogP contribution in [-0.4, -0.2) is 42.1 Å². The maximum atomic E-state index is 11.1. The maximum Gasteiger partial charge on any atom is 0.119 e. The molecule has 0 aromatic heterocycles. The van der Waals surface area contributed by atoms with Crippen LogP contribution in [-0.2, 0) is 17.4 Å². The average molecular weight is 347 g/mol. The molecular formula is C18H25N3O2S. The van der Waals surface area contributed by atoms with Crippen LogP contribution >= 0.6 is 0 Å². The maximum absolute atomic E-state index is 11.1. The molecule has 6 heteroatoms. The number of nitrogen functional groups attached to an aromatic ring is 1. The highest BCUT2D eigenvalue weighted by Crippen LogP contribution is 2.13. The largest absolute Gasteiger partial charge is 0.492 e. The van der Waals surface area contributed by atoms with Gasteiger partial charge in [0.25, 0.3) is 0 Å². The first kappa shape index (κ1) is 18.3. The number of benzene rings is 2. The number of hydrogen-bond donors (Lipinski definition) is 2. The number of anilines is 2. The van der Waals surface area contributed by atoms with Crippen LogP contribution in [0.5, 0.6) is 5.75 Å². The van der Waals surface area contributed by atoms with Gasteiger partial charge in [-0.25, -0.2) is 4.21 Å². The molecule has 0 spiro atoms. The normalized spacial score (nSPS) is 12.1. The minimum Gasteiger partial charge on any atom is -0.492 e. The molecule has 0 fully saturated rings. The van der Waals surface area contributed by atoms with E-state index in [1.807, 2.05) is 36.4 Å². The molecule has 0 heterocycles. The van der Waals surface area contributed by atoms with Gasteiger partial charge in [-0.1, -0.05) is 12.1 Å². The average Bonchev–Trinajstić information content (AvgIpc) is 2.55. The molecule has 2 aromatic rings. The highest BCUT2D eigenvalue weighted by molar-refractivity contribution is 7.85. The third-order valence-electron chi connectivity index (χ3n) is 3.62. The number of nitrogens with two attached hydrogens (primary N) is 1. The number of rotatable bonds is 9. The summed E-state index contributed by atoms with van der Waals surface area (Å²) < 4.78 is 19.7. The molecule has 0 saturated carbocycles. The molecule has 1 atom stereocenters. The fourth-order valence-electron chi connectivity index (χ4n) is 2.22. The van der Waals surface area contributed by atoms with E-state index < -0.39 is 11.0 Å². The fourth-order valence-corrected chi connectivity index (χ4v) is 2.69. The molecule has 130 valence electrons. The highest BCUT2D eigenvalue weighted by Gasteiger charge is 2.01. The lowest BCUT2D eigenvalue weighted by Crippen LogP contribution is -2.26. The van der Waals surface area contributed by atoms with Gasteiger partial charge in [-0.3, -0.25) is 0 Å². The molecule has 2 rings (SSSR count). The second-order valence-electron chi connectivity index (χ2n) is 5.72. The van der Waals surface area contributed by atoms with Crippen molar-refractivity contribution in [3.05, 3.63) is 54.1 Å². The van der Waals surface area contributed by atoms with Gasteiger partial charge in [0.05, 0.1) is 0 Å². The molecule has 0 aliphatic carbocycles. The summed E-state index contributed by atoms with van der Waals surface area (Å²) in [5, 5.41) is 0. The summed E-state index contributed by atoms with van der Waals surface area (Å²) in [4.78, 5) is 2.24. The number of nitrogens with one attached hydrogen (secondary N) is 1. The Morgan fingerprint density at radius 3 is 2.38 bits per heavy atom. The van der Waals surface area contributed by atoms with E-state index in [0.29, 0.717) is 6.61 Å². The van der Waals surface area contributed by atoms with Crippen molar-refractivity contribution in [2.24, 2.45) is 0 Å². The Labute approximate surface area is 146 Å². The van der Waals surface area contributed by atoms with E-state index in [-0.39, 0.29) is 0 Å². The predicted octanol–water partition coefficient (Wildman–Crippen LogP) is 2.53. The van der Waals surface area contributed by atoms with Gasteiger partial charge >= 0.3 is 0 Å². The lowest BCUT2D eigenvalue weighted by atomic mass is 10.1. The molecule has 0 bridgehead atoms. The van der Waals surface area contributed by atoms with Crippen LogP contribution in [0.1, 0.15) is 5.56 Å². The Hall–Kier alpha value is -2.05. The van der Waals surface area contributed by atoms with Crippen molar-refractivity contribution in [2.45, 2.75) is 6.42 Å². The molecule has 0 aliphatic heterocycles. The van der Waals surface area contributed by atoms with Crippen LogP contribution in [0, 0.1) is 0 Å². The summed E-state index contributed by atoms with van der Waals surface area (Å²) in [7, 11) is 1.05. The highest BCUT2D eigenvalue weighted by atomic mass is 32.2. The monoisotopic (exact) mass is 347 g/mol. The van der Waals surface area contributed by atoms with Crippen LogP contribution in [0.2, 0.25) is 0 Å². The molecule has 3 N–H and O–H groups in total. The second-order valence-corrected chi connectivity index (χ2v) is 6.84. The van der Waals surface area contributed by atoms with Gasteiger partial charge in [0.15, 0.2) is 0 Å². The summed E-state index contributed by atoms with van der Waals surface area (Å²) in [6, 6.07) is 15.5.